The Kier molecular flexibility index (Phi) is 6.60. The van der Waals surface area contributed by atoms with Gasteiger partial charge in [0, 0.05) is 13.0 Å². The molecule has 4 aromatic rings. The van der Waals surface area contributed by atoms with Crippen molar-refractivity contribution in [2.75, 3.05) is 0 Å². The fourth-order valence-electron chi connectivity index (χ4n) is 4.73. The van der Waals surface area contributed by atoms with Crippen LogP contribution in [0.4, 0.5) is 0 Å². The monoisotopic (exact) mass is 454 g/mol. The number of aryl methyl sites for hydroxylation is 2. The van der Waals surface area contributed by atoms with Gasteiger partial charge in [-0.25, -0.2) is 9.78 Å². The number of fused-ring (bicyclic) bond motifs is 1. The number of nitrogens with zero attached hydrogens (tertiary/aromatic N) is 2. The fourth-order valence-corrected chi connectivity index (χ4v) is 4.73. The Morgan fingerprint density at radius 2 is 1.71 bits per heavy atom. The maximum absolute atomic E-state index is 12.2. The van der Waals surface area contributed by atoms with Gasteiger partial charge in [-0.1, -0.05) is 88.7 Å². The minimum Gasteiger partial charge on any atom is -0.478 e. The molecule has 4 heteroatoms. The van der Waals surface area contributed by atoms with Crippen molar-refractivity contribution in [2.45, 2.75) is 65.8 Å². The van der Waals surface area contributed by atoms with Crippen LogP contribution in [0.5, 0.6) is 0 Å². The van der Waals surface area contributed by atoms with Crippen LogP contribution in [0.1, 0.15) is 73.4 Å². The number of carboxylic acid groups (broad SMARTS) is 1. The van der Waals surface area contributed by atoms with Gasteiger partial charge in [0.1, 0.15) is 5.82 Å². The number of imidazole rings is 1. The number of unbranched alkanes of at least 4 members (excludes halogenated alkanes) is 1. The lowest BCUT2D eigenvalue weighted by molar-refractivity contribution is 0.0695. The number of aromatic nitrogens is 2. The second-order valence-electron chi connectivity index (χ2n) is 10.1. The average molecular weight is 455 g/mol. The standard InChI is InChI=1S/C30H34N2O2/c1-6-7-14-26-31-25-13-8-10-20(2)28(25)32(26)19-21-15-17-22(18-16-21)23-11-9-12-24(30(3,4)5)27(23)29(33)34/h8-13,15-18H,6-7,14,19H2,1-5H3,(H,33,34). The Morgan fingerprint density at radius 3 is 2.35 bits per heavy atom. The molecule has 0 fully saturated rings. The number of para-hydroxylation sites is 1. The SMILES string of the molecule is CCCCc1nc2cccc(C)c2n1Cc1ccc(-c2cccc(C(C)(C)C)c2C(=O)O)cc1. The number of hydrogen-bond donors (Lipinski definition) is 1. The molecule has 1 aromatic heterocycles. The highest BCUT2D eigenvalue weighted by Gasteiger charge is 2.24. The molecule has 0 bridgehead atoms. The van der Waals surface area contributed by atoms with E-state index in [2.05, 4.69) is 69.5 Å². The van der Waals surface area contributed by atoms with Gasteiger partial charge in [-0.05, 0) is 52.6 Å². The molecule has 0 aliphatic heterocycles. The lowest BCUT2D eigenvalue weighted by atomic mass is 9.81. The van der Waals surface area contributed by atoms with Crippen LogP contribution in [-0.2, 0) is 18.4 Å². The summed E-state index contributed by atoms with van der Waals surface area (Å²) in [6.45, 7) is 11.2. The van der Waals surface area contributed by atoms with Crippen LogP contribution in [0.25, 0.3) is 22.2 Å². The highest BCUT2D eigenvalue weighted by Crippen LogP contribution is 2.33. The molecule has 1 heterocycles. The lowest BCUT2D eigenvalue weighted by Crippen LogP contribution is -2.17. The van der Waals surface area contributed by atoms with Crippen LogP contribution in [0.2, 0.25) is 0 Å². The van der Waals surface area contributed by atoms with Crippen LogP contribution >= 0.6 is 0 Å². The Morgan fingerprint density at radius 1 is 1.00 bits per heavy atom. The van der Waals surface area contributed by atoms with E-state index in [-0.39, 0.29) is 5.41 Å². The molecule has 0 saturated heterocycles. The normalized spacial score (nSPS) is 11.8. The highest BCUT2D eigenvalue weighted by atomic mass is 16.4. The summed E-state index contributed by atoms with van der Waals surface area (Å²) < 4.78 is 2.35. The first-order chi connectivity index (χ1) is 16.2. The quantitative estimate of drug-likeness (QED) is 0.316. The Labute approximate surface area is 202 Å². The minimum atomic E-state index is -0.884. The van der Waals surface area contributed by atoms with Crippen LogP contribution in [-0.4, -0.2) is 20.6 Å². The van der Waals surface area contributed by atoms with Crippen molar-refractivity contribution in [2.24, 2.45) is 0 Å². The fraction of sp³-hybridized carbons (Fsp3) is 0.333. The predicted octanol–water partition coefficient (Wildman–Crippen LogP) is 7.40. The van der Waals surface area contributed by atoms with Gasteiger partial charge in [0.15, 0.2) is 0 Å². The molecule has 176 valence electrons. The first-order valence-electron chi connectivity index (χ1n) is 12.1. The van der Waals surface area contributed by atoms with Gasteiger partial charge in [-0.15, -0.1) is 0 Å². The summed E-state index contributed by atoms with van der Waals surface area (Å²) in [7, 11) is 0. The van der Waals surface area contributed by atoms with E-state index in [0.717, 1.165) is 53.8 Å². The maximum atomic E-state index is 12.2. The van der Waals surface area contributed by atoms with Gasteiger partial charge in [0.2, 0.25) is 0 Å². The molecule has 0 amide bonds. The molecule has 0 atom stereocenters. The first-order valence-corrected chi connectivity index (χ1v) is 12.1. The lowest BCUT2D eigenvalue weighted by Gasteiger charge is -2.23. The van der Waals surface area contributed by atoms with Crippen LogP contribution in [0.3, 0.4) is 0 Å². The molecule has 4 nitrogen and oxygen atoms in total. The molecule has 1 N–H and O–H groups in total. The van der Waals surface area contributed by atoms with Crippen molar-refractivity contribution >= 4 is 17.0 Å². The second-order valence-corrected chi connectivity index (χ2v) is 10.1. The highest BCUT2D eigenvalue weighted by molar-refractivity contribution is 5.98. The predicted molar refractivity (Wildman–Crippen MR) is 140 cm³/mol. The summed E-state index contributed by atoms with van der Waals surface area (Å²) >= 11 is 0. The molecule has 3 aromatic carbocycles. The minimum absolute atomic E-state index is 0.251. The average Bonchev–Trinajstić information content (AvgIpc) is 3.15. The molecule has 0 radical (unpaired) electrons. The third kappa shape index (κ3) is 4.63. The summed E-state index contributed by atoms with van der Waals surface area (Å²) in [5.74, 6) is 0.242. The molecule has 0 saturated carbocycles. The Hall–Kier alpha value is -3.40. The number of rotatable bonds is 7. The van der Waals surface area contributed by atoms with Crippen molar-refractivity contribution in [3.05, 3.63) is 88.7 Å². The number of carboxylic acids is 1. The van der Waals surface area contributed by atoms with Gasteiger partial charge in [-0.3, -0.25) is 0 Å². The number of aromatic carboxylic acids is 1. The summed E-state index contributed by atoms with van der Waals surface area (Å²) in [5, 5.41) is 10.0. The van der Waals surface area contributed by atoms with Crippen molar-refractivity contribution < 1.29 is 9.90 Å². The molecule has 34 heavy (non-hydrogen) atoms. The summed E-state index contributed by atoms with van der Waals surface area (Å²) in [6.07, 6.45) is 3.21. The first kappa shape index (κ1) is 23.7. The topological polar surface area (TPSA) is 55.1 Å². The molecule has 0 unspecified atom stereocenters. The zero-order chi connectivity index (χ0) is 24.5. The molecule has 4 rings (SSSR count). The zero-order valence-electron chi connectivity index (χ0n) is 20.9. The van der Waals surface area contributed by atoms with Gasteiger partial charge in [0.25, 0.3) is 0 Å². The van der Waals surface area contributed by atoms with Crippen LogP contribution in [0.15, 0.2) is 60.7 Å². The van der Waals surface area contributed by atoms with Gasteiger partial charge in [-0.2, -0.15) is 0 Å². The van der Waals surface area contributed by atoms with Gasteiger partial charge in [0.05, 0.1) is 16.6 Å². The van der Waals surface area contributed by atoms with Gasteiger partial charge >= 0.3 is 5.97 Å². The van der Waals surface area contributed by atoms with E-state index in [1.54, 1.807) is 0 Å². The van der Waals surface area contributed by atoms with E-state index in [9.17, 15) is 9.90 Å². The van der Waals surface area contributed by atoms with Crippen molar-refractivity contribution in [1.29, 1.82) is 0 Å². The Bertz CT molecular complexity index is 1320. The van der Waals surface area contributed by atoms with Crippen molar-refractivity contribution in [3.63, 3.8) is 0 Å². The van der Waals surface area contributed by atoms with Gasteiger partial charge < -0.3 is 9.67 Å². The van der Waals surface area contributed by atoms with Crippen molar-refractivity contribution in [3.8, 4) is 11.1 Å². The van der Waals surface area contributed by atoms with Crippen LogP contribution in [0, 0.1) is 6.92 Å². The third-order valence-electron chi connectivity index (χ3n) is 6.49. The largest absolute Gasteiger partial charge is 0.478 e. The molecule has 0 spiro atoms. The molecule has 0 aliphatic rings. The summed E-state index contributed by atoms with van der Waals surface area (Å²) in [5.41, 5.74) is 7.32. The summed E-state index contributed by atoms with van der Waals surface area (Å²) in [6, 6.07) is 20.4. The van der Waals surface area contributed by atoms with Crippen LogP contribution < -0.4 is 0 Å². The maximum Gasteiger partial charge on any atom is 0.336 e. The molecular weight excluding hydrogens is 420 g/mol. The number of carbonyl (C=O) groups is 1. The smallest absolute Gasteiger partial charge is 0.336 e. The molecular formula is C30H34N2O2. The zero-order valence-corrected chi connectivity index (χ0v) is 20.9. The number of benzene rings is 3. The van der Waals surface area contributed by atoms with E-state index < -0.39 is 5.97 Å². The van der Waals surface area contributed by atoms with E-state index in [1.165, 1.54) is 16.6 Å². The molecule has 0 aliphatic carbocycles. The van der Waals surface area contributed by atoms with E-state index >= 15 is 0 Å². The number of hydrogen-bond acceptors (Lipinski definition) is 2. The van der Waals surface area contributed by atoms with E-state index in [0.29, 0.717) is 5.56 Å². The second kappa shape index (κ2) is 9.46. The Balaban J connectivity index is 1.72. The van der Waals surface area contributed by atoms with E-state index in [1.807, 2.05) is 30.3 Å². The summed E-state index contributed by atoms with van der Waals surface area (Å²) in [4.78, 5) is 17.1. The van der Waals surface area contributed by atoms with Crippen molar-refractivity contribution in [1.82, 2.24) is 9.55 Å². The van der Waals surface area contributed by atoms with E-state index in [4.69, 9.17) is 4.98 Å². The third-order valence-corrected chi connectivity index (χ3v) is 6.49.